The van der Waals surface area contributed by atoms with Gasteiger partial charge in [0.2, 0.25) is 5.91 Å². The normalized spacial score (nSPS) is 10.1. The van der Waals surface area contributed by atoms with E-state index in [1.54, 1.807) is 0 Å². The number of anilines is 1. The predicted molar refractivity (Wildman–Crippen MR) is 73.1 cm³/mol. The first-order valence-electron chi connectivity index (χ1n) is 5.06. The Morgan fingerprint density at radius 2 is 2.28 bits per heavy atom. The van der Waals surface area contributed by atoms with Crippen molar-refractivity contribution in [2.24, 2.45) is 5.73 Å². The Hall–Kier alpha value is -1.31. The molecule has 0 unspecified atom stereocenters. The van der Waals surface area contributed by atoms with E-state index >= 15 is 0 Å². The third kappa shape index (κ3) is 4.52. The predicted octanol–water partition coefficient (Wildman–Crippen LogP) is 1.88. The molecule has 1 rings (SSSR count). The monoisotopic (exact) mass is 289 g/mol. The number of halogens is 1. The van der Waals surface area contributed by atoms with Gasteiger partial charge < -0.3 is 11.1 Å². The zero-order valence-corrected chi connectivity index (χ0v) is 11.0. The molecule has 18 heavy (non-hydrogen) atoms. The molecule has 0 aromatic heterocycles. The van der Waals surface area contributed by atoms with E-state index in [9.17, 15) is 14.9 Å². The van der Waals surface area contributed by atoms with Gasteiger partial charge in [0, 0.05) is 24.4 Å². The van der Waals surface area contributed by atoms with E-state index < -0.39 is 4.92 Å². The Morgan fingerprint density at radius 3 is 2.83 bits per heavy atom. The first-order valence-corrected chi connectivity index (χ1v) is 6.59. The average Bonchev–Trinajstić information content (AvgIpc) is 2.32. The van der Waals surface area contributed by atoms with Gasteiger partial charge in [-0.25, -0.2) is 0 Å². The van der Waals surface area contributed by atoms with Crippen LogP contribution in [0.1, 0.15) is 0 Å². The topological polar surface area (TPSA) is 98.3 Å². The lowest BCUT2D eigenvalue weighted by Gasteiger charge is -2.06. The first kappa shape index (κ1) is 14.7. The molecule has 0 atom stereocenters. The molecule has 1 aromatic carbocycles. The molecule has 0 radical (unpaired) electrons. The number of hydrogen-bond donors (Lipinski definition) is 2. The summed E-state index contributed by atoms with van der Waals surface area (Å²) < 4.78 is 0. The SMILES string of the molecule is NCCSCC(=O)Nc1ccc([N+](=O)[O-])cc1Cl. The zero-order valence-electron chi connectivity index (χ0n) is 9.39. The van der Waals surface area contributed by atoms with Gasteiger partial charge in [-0.05, 0) is 6.07 Å². The van der Waals surface area contributed by atoms with Crippen LogP contribution in [0.2, 0.25) is 5.02 Å². The van der Waals surface area contributed by atoms with Crippen LogP contribution in [0.25, 0.3) is 0 Å². The molecular weight excluding hydrogens is 278 g/mol. The van der Waals surface area contributed by atoms with Crippen LogP contribution in [0.5, 0.6) is 0 Å². The van der Waals surface area contributed by atoms with Gasteiger partial charge in [0.25, 0.3) is 5.69 Å². The fourth-order valence-corrected chi connectivity index (χ4v) is 1.94. The van der Waals surface area contributed by atoms with Crippen LogP contribution in [0.3, 0.4) is 0 Å². The molecule has 6 nitrogen and oxygen atoms in total. The summed E-state index contributed by atoms with van der Waals surface area (Å²) in [6.07, 6.45) is 0. The van der Waals surface area contributed by atoms with E-state index in [0.29, 0.717) is 18.0 Å². The highest BCUT2D eigenvalue weighted by Gasteiger charge is 2.11. The third-order valence-corrected chi connectivity index (χ3v) is 3.24. The number of nitrogens with zero attached hydrogens (tertiary/aromatic N) is 1. The maximum Gasteiger partial charge on any atom is 0.271 e. The number of rotatable bonds is 6. The standard InChI is InChI=1S/C10H12ClN3O3S/c11-8-5-7(14(16)17)1-2-9(8)13-10(15)6-18-4-3-12/h1-2,5H,3-4,6,12H2,(H,13,15). The fourth-order valence-electron chi connectivity index (χ4n) is 1.15. The van der Waals surface area contributed by atoms with Crippen molar-refractivity contribution in [1.29, 1.82) is 0 Å². The summed E-state index contributed by atoms with van der Waals surface area (Å²) in [7, 11) is 0. The highest BCUT2D eigenvalue weighted by Crippen LogP contribution is 2.26. The lowest BCUT2D eigenvalue weighted by molar-refractivity contribution is -0.384. The Balaban J connectivity index is 2.62. The van der Waals surface area contributed by atoms with Crippen molar-refractivity contribution >= 4 is 40.6 Å². The maximum atomic E-state index is 11.5. The number of non-ortho nitro benzene ring substituents is 1. The summed E-state index contributed by atoms with van der Waals surface area (Å²) in [6, 6.07) is 3.89. The van der Waals surface area contributed by atoms with Gasteiger partial charge in [-0.2, -0.15) is 11.8 Å². The van der Waals surface area contributed by atoms with Crippen molar-refractivity contribution in [3.05, 3.63) is 33.3 Å². The number of nitrogens with two attached hydrogens (primary N) is 1. The van der Waals surface area contributed by atoms with E-state index in [4.69, 9.17) is 17.3 Å². The molecule has 0 aliphatic carbocycles. The van der Waals surface area contributed by atoms with E-state index in [-0.39, 0.29) is 22.4 Å². The van der Waals surface area contributed by atoms with Crippen LogP contribution in [0.15, 0.2) is 18.2 Å². The summed E-state index contributed by atoms with van der Waals surface area (Å²) in [5.41, 5.74) is 5.55. The molecule has 0 heterocycles. The van der Waals surface area contributed by atoms with E-state index in [2.05, 4.69) is 5.32 Å². The van der Waals surface area contributed by atoms with Crippen LogP contribution >= 0.6 is 23.4 Å². The molecule has 8 heteroatoms. The van der Waals surface area contributed by atoms with Crippen molar-refractivity contribution in [3.63, 3.8) is 0 Å². The number of amides is 1. The molecular formula is C10H12ClN3O3S. The van der Waals surface area contributed by atoms with Gasteiger partial charge in [-0.15, -0.1) is 0 Å². The van der Waals surface area contributed by atoms with Crippen molar-refractivity contribution in [1.82, 2.24) is 0 Å². The van der Waals surface area contributed by atoms with Crippen molar-refractivity contribution in [2.75, 3.05) is 23.4 Å². The Labute approximate surface area is 113 Å². The molecule has 0 saturated carbocycles. The van der Waals surface area contributed by atoms with Crippen LogP contribution in [0.4, 0.5) is 11.4 Å². The van der Waals surface area contributed by atoms with Gasteiger partial charge in [-0.1, -0.05) is 11.6 Å². The van der Waals surface area contributed by atoms with E-state index in [0.717, 1.165) is 0 Å². The molecule has 0 aliphatic heterocycles. The molecule has 0 aliphatic rings. The number of nitrogens with one attached hydrogen (secondary N) is 1. The van der Waals surface area contributed by atoms with E-state index in [1.807, 2.05) is 0 Å². The minimum absolute atomic E-state index is 0.115. The highest BCUT2D eigenvalue weighted by atomic mass is 35.5. The zero-order chi connectivity index (χ0) is 13.5. The number of nitro groups is 1. The van der Waals surface area contributed by atoms with Crippen LogP contribution in [-0.2, 0) is 4.79 Å². The van der Waals surface area contributed by atoms with Crippen molar-refractivity contribution < 1.29 is 9.72 Å². The van der Waals surface area contributed by atoms with Crippen LogP contribution in [0, 0.1) is 10.1 Å². The molecule has 1 aromatic rings. The Kier molecular flexibility index (Phi) is 5.90. The van der Waals surface area contributed by atoms with Gasteiger partial charge in [0.05, 0.1) is 21.4 Å². The van der Waals surface area contributed by atoms with Crippen LogP contribution < -0.4 is 11.1 Å². The van der Waals surface area contributed by atoms with E-state index in [1.165, 1.54) is 30.0 Å². The quantitative estimate of drug-likeness (QED) is 0.473. The van der Waals surface area contributed by atoms with Crippen molar-refractivity contribution in [3.8, 4) is 0 Å². The lowest BCUT2D eigenvalue weighted by Crippen LogP contribution is -2.15. The number of thioether (sulfide) groups is 1. The Morgan fingerprint density at radius 1 is 1.56 bits per heavy atom. The van der Waals surface area contributed by atoms with Gasteiger partial charge in [0.1, 0.15) is 0 Å². The summed E-state index contributed by atoms with van der Waals surface area (Å²) in [5.74, 6) is 0.746. The summed E-state index contributed by atoms with van der Waals surface area (Å²) in [4.78, 5) is 21.5. The average molecular weight is 290 g/mol. The third-order valence-electron chi connectivity index (χ3n) is 1.93. The molecule has 0 saturated heterocycles. The highest BCUT2D eigenvalue weighted by molar-refractivity contribution is 7.99. The molecule has 0 spiro atoms. The number of nitro benzene ring substituents is 1. The van der Waals surface area contributed by atoms with Gasteiger partial charge in [0.15, 0.2) is 0 Å². The number of hydrogen-bond acceptors (Lipinski definition) is 5. The second kappa shape index (κ2) is 7.20. The van der Waals surface area contributed by atoms with Gasteiger partial charge in [-0.3, -0.25) is 14.9 Å². The van der Waals surface area contributed by atoms with Gasteiger partial charge >= 0.3 is 0 Å². The second-order valence-electron chi connectivity index (χ2n) is 3.31. The second-order valence-corrected chi connectivity index (χ2v) is 4.82. The van der Waals surface area contributed by atoms with Crippen molar-refractivity contribution in [2.45, 2.75) is 0 Å². The molecule has 98 valence electrons. The minimum Gasteiger partial charge on any atom is -0.330 e. The minimum atomic E-state index is -0.547. The number of carbonyl (C=O) groups is 1. The number of carbonyl (C=O) groups excluding carboxylic acids is 1. The summed E-state index contributed by atoms with van der Waals surface area (Å²) >= 11 is 7.24. The molecule has 0 bridgehead atoms. The molecule has 1 amide bonds. The summed E-state index contributed by atoms with van der Waals surface area (Å²) in [6.45, 7) is 0.510. The summed E-state index contributed by atoms with van der Waals surface area (Å²) in [5, 5.41) is 13.2. The largest absolute Gasteiger partial charge is 0.330 e. The Bertz CT molecular complexity index is 456. The number of benzene rings is 1. The maximum absolute atomic E-state index is 11.5. The molecule has 3 N–H and O–H groups in total. The fraction of sp³-hybridized carbons (Fsp3) is 0.300. The molecule has 0 fully saturated rings. The first-order chi connectivity index (χ1) is 8.54. The smallest absolute Gasteiger partial charge is 0.271 e. The lowest BCUT2D eigenvalue weighted by atomic mass is 10.3. The van der Waals surface area contributed by atoms with Crippen LogP contribution in [-0.4, -0.2) is 28.9 Å².